The number of rotatable bonds is 1. The van der Waals surface area contributed by atoms with E-state index in [4.69, 9.17) is 5.73 Å². The number of hydrogen-bond donors (Lipinski definition) is 2. The zero-order chi connectivity index (χ0) is 12.8. The molecule has 0 saturated heterocycles. The van der Waals surface area contributed by atoms with Crippen LogP contribution in [0.5, 0.6) is 0 Å². The Morgan fingerprint density at radius 1 is 1.11 bits per heavy atom. The summed E-state index contributed by atoms with van der Waals surface area (Å²) in [5.74, 6) is 1.63. The van der Waals surface area contributed by atoms with E-state index in [-0.39, 0.29) is 0 Å². The number of anilines is 1. The first kappa shape index (κ1) is 10.5. The van der Waals surface area contributed by atoms with E-state index in [1.165, 1.54) is 11.1 Å². The van der Waals surface area contributed by atoms with Crippen molar-refractivity contribution in [3.8, 4) is 0 Å². The van der Waals surface area contributed by atoms with Gasteiger partial charge in [-0.25, -0.2) is 9.97 Å². The van der Waals surface area contributed by atoms with Crippen LogP contribution in [0.3, 0.4) is 0 Å². The molecule has 3 aromatic rings. The number of benzene rings is 1. The molecule has 0 unspecified atom stereocenters. The highest BCUT2D eigenvalue weighted by Gasteiger charge is 2.25. The molecule has 2 aromatic heterocycles. The average molecular weight is 251 g/mol. The van der Waals surface area contributed by atoms with E-state index in [1.807, 2.05) is 0 Å². The highest BCUT2D eigenvalue weighted by molar-refractivity contribution is 5.84. The topological polar surface area (TPSA) is 80.5 Å². The number of aromatic nitrogens is 4. The molecule has 19 heavy (non-hydrogen) atoms. The highest BCUT2D eigenvalue weighted by Crippen LogP contribution is 2.33. The Hall–Kier alpha value is -2.43. The molecule has 0 fully saturated rings. The number of nitrogens with two attached hydrogens (primary N) is 1. The maximum absolute atomic E-state index is 5.96. The Morgan fingerprint density at radius 3 is 2.58 bits per heavy atom. The minimum absolute atomic E-state index is 0.312. The lowest BCUT2D eigenvalue weighted by atomic mass is 10.1. The fraction of sp³-hybridized carbons (Fsp3) is 0.214. The zero-order valence-electron chi connectivity index (χ0n) is 10.3. The Morgan fingerprint density at radius 2 is 1.84 bits per heavy atom. The SMILES string of the molecule is Nc1nc(C2Cc3ccccc3C2)nc2[nH]ncc12. The van der Waals surface area contributed by atoms with Gasteiger partial charge in [0.05, 0.1) is 11.6 Å². The summed E-state index contributed by atoms with van der Waals surface area (Å²) in [5, 5.41) is 7.62. The molecule has 94 valence electrons. The van der Waals surface area contributed by atoms with E-state index in [1.54, 1.807) is 6.20 Å². The molecule has 2 heterocycles. The van der Waals surface area contributed by atoms with Gasteiger partial charge in [-0.2, -0.15) is 5.10 Å². The first-order chi connectivity index (χ1) is 9.31. The Bertz CT molecular complexity index is 736. The lowest BCUT2D eigenvalue weighted by Crippen LogP contribution is -2.07. The summed E-state index contributed by atoms with van der Waals surface area (Å²) in [5.41, 5.74) is 9.46. The lowest BCUT2D eigenvalue weighted by Gasteiger charge is -2.08. The van der Waals surface area contributed by atoms with Crippen molar-refractivity contribution in [1.82, 2.24) is 20.2 Å². The minimum Gasteiger partial charge on any atom is -0.383 e. The third-order valence-corrected chi connectivity index (χ3v) is 3.77. The average Bonchev–Trinajstić information content (AvgIpc) is 3.04. The lowest BCUT2D eigenvalue weighted by molar-refractivity contribution is 0.687. The van der Waals surface area contributed by atoms with E-state index in [0.29, 0.717) is 11.7 Å². The quantitative estimate of drug-likeness (QED) is 0.691. The summed E-state index contributed by atoms with van der Waals surface area (Å²) >= 11 is 0. The van der Waals surface area contributed by atoms with Crippen LogP contribution in [0.4, 0.5) is 5.82 Å². The van der Waals surface area contributed by atoms with Gasteiger partial charge in [0, 0.05) is 5.92 Å². The fourth-order valence-electron chi connectivity index (χ4n) is 2.80. The summed E-state index contributed by atoms with van der Waals surface area (Å²) in [7, 11) is 0. The summed E-state index contributed by atoms with van der Waals surface area (Å²) < 4.78 is 0. The van der Waals surface area contributed by atoms with E-state index in [9.17, 15) is 0 Å². The molecule has 1 aliphatic rings. The van der Waals surface area contributed by atoms with Crippen molar-refractivity contribution in [3.63, 3.8) is 0 Å². The van der Waals surface area contributed by atoms with Crippen LogP contribution in [-0.2, 0) is 12.8 Å². The van der Waals surface area contributed by atoms with Gasteiger partial charge in [-0.3, -0.25) is 5.10 Å². The van der Waals surface area contributed by atoms with Crippen LogP contribution in [-0.4, -0.2) is 20.2 Å². The molecule has 0 radical (unpaired) electrons. The molecular formula is C14H13N5. The normalized spacial score (nSPS) is 14.9. The molecule has 1 aromatic carbocycles. The van der Waals surface area contributed by atoms with Gasteiger partial charge in [0.2, 0.25) is 0 Å². The van der Waals surface area contributed by atoms with Gasteiger partial charge in [-0.15, -0.1) is 0 Å². The molecule has 0 aliphatic heterocycles. The summed E-state index contributed by atoms with van der Waals surface area (Å²) in [4.78, 5) is 9.00. The zero-order valence-corrected chi connectivity index (χ0v) is 10.3. The molecule has 4 rings (SSSR count). The van der Waals surface area contributed by atoms with Crippen molar-refractivity contribution in [1.29, 1.82) is 0 Å². The number of H-pyrrole nitrogens is 1. The summed E-state index contributed by atoms with van der Waals surface area (Å²) in [6, 6.07) is 8.50. The fourth-order valence-corrected chi connectivity index (χ4v) is 2.80. The second-order valence-electron chi connectivity index (χ2n) is 4.97. The third kappa shape index (κ3) is 1.58. The number of aromatic amines is 1. The molecule has 1 aliphatic carbocycles. The summed E-state index contributed by atoms with van der Waals surface area (Å²) in [6.45, 7) is 0. The second kappa shape index (κ2) is 3.78. The van der Waals surface area contributed by atoms with Crippen LogP contribution >= 0.6 is 0 Å². The Balaban J connectivity index is 1.76. The van der Waals surface area contributed by atoms with E-state index in [2.05, 4.69) is 44.4 Å². The largest absolute Gasteiger partial charge is 0.383 e. The van der Waals surface area contributed by atoms with E-state index in [0.717, 1.165) is 29.7 Å². The number of nitrogen functional groups attached to an aromatic ring is 1. The number of hydrogen-bond acceptors (Lipinski definition) is 4. The monoisotopic (exact) mass is 251 g/mol. The third-order valence-electron chi connectivity index (χ3n) is 3.77. The maximum atomic E-state index is 5.96. The van der Waals surface area contributed by atoms with Gasteiger partial charge in [-0.05, 0) is 24.0 Å². The first-order valence-corrected chi connectivity index (χ1v) is 6.34. The van der Waals surface area contributed by atoms with Gasteiger partial charge in [0.15, 0.2) is 5.65 Å². The van der Waals surface area contributed by atoms with Crippen LogP contribution in [0, 0.1) is 0 Å². The van der Waals surface area contributed by atoms with Crippen molar-refractivity contribution in [2.24, 2.45) is 0 Å². The molecule has 5 nitrogen and oxygen atoms in total. The van der Waals surface area contributed by atoms with E-state index < -0.39 is 0 Å². The predicted molar refractivity (Wildman–Crippen MR) is 72.7 cm³/mol. The molecule has 0 atom stereocenters. The molecular weight excluding hydrogens is 238 g/mol. The van der Waals surface area contributed by atoms with Crippen molar-refractivity contribution in [2.45, 2.75) is 18.8 Å². The number of nitrogens with zero attached hydrogens (tertiary/aromatic N) is 3. The van der Waals surface area contributed by atoms with Crippen LogP contribution in [0.15, 0.2) is 30.5 Å². The molecule has 5 heteroatoms. The van der Waals surface area contributed by atoms with Crippen LogP contribution in [0.2, 0.25) is 0 Å². The van der Waals surface area contributed by atoms with Crippen LogP contribution in [0.1, 0.15) is 22.9 Å². The standard InChI is InChI=1S/C14H13N5/c15-12-11-7-16-19-14(11)18-13(17-12)10-5-8-3-1-2-4-9(8)6-10/h1-4,7,10H,5-6H2,(H3,15,16,17,18,19). The minimum atomic E-state index is 0.312. The van der Waals surface area contributed by atoms with E-state index >= 15 is 0 Å². The van der Waals surface area contributed by atoms with Gasteiger partial charge in [-0.1, -0.05) is 24.3 Å². The van der Waals surface area contributed by atoms with Gasteiger partial charge < -0.3 is 5.73 Å². The van der Waals surface area contributed by atoms with Crippen LogP contribution in [0.25, 0.3) is 11.0 Å². The van der Waals surface area contributed by atoms with Crippen molar-refractivity contribution >= 4 is 16.9 Å². The molecule has 0 saturated carbocycles. The van der Waals surface area contributed by atoms with Gasteiger partial charge in [0.25, 0.3) is 0 Å². The molecule has 0 spiro atoms. The Labute approximate surface area is 109 Å². The smallest absolute Gasteiger partial charge is 0.161 e. The van der Waals surface area contributed by atoms with Gasteiger partial charge in [0.1, 0.15) is 11.6 Å². The molecule has 3 N–H and O–H groups in total. The number of fused-ring (bicyclic) bond motifs is 2. The summed E-state index contributed by atoms with van der Waals surface area (Å²) in [6.07, 6.45) is 3.63. The second-order valence-corrected chi connectivity index (χ2v) is 4.97. The van der Waals surface area contributed by atoms with Gasteiger partial charge >= 0.3 is 0 Å². The maximum Gasteiger partial charge on any atom is 0.161 e. The van der Waals surface area contributed by atoms with Crippen LogP contribution < -0.4 is 5.73 Å². The predicted octanol–water partition coefficient (Wildman–Crippen LogP) is 1.82. The highest BCUT2D eigenvalue weighted by atomic mass is 15.2. The molecule has 0 amide bonds. The number of nitrogens with one attached hydrogen (secondary N) is 1. The van der Waals surface area contributed by atoms with Crippen molar-refractivity contribution in [3.05, 3.63) is 47.4 Å². The molecule has 0 bridgehead atoms. The van der Waals surface area contributed by atoms with Crippen molar-refractivity contribution < 1.29 is 0 Å². The first-order valence-electron chi connectivity index (χ1n) is 6.34. The van der Waals surface area contributed by atoms with Crippen molar-refractivity contribution in [2.75, 3.05) is 5.73 Å². The Kier molecular flexibility index (Phi) is 2.09.